The number of benzene rings is 1. The molecule has 90 valence electrons. The van der Waals surface area contributed by atoms with Crippen molar-refractivity contribution in [1.82, 2.24) is 14.9 Å². The summed E-state index contributed by atoms with van der Waals surface area (Å²) in [6.07, 6.45) is 4.99. The second kappa shape index (κ2) is 5.98. The molecule has 1 N–H and O–H groups in total. The van der Waals surface area contributed by atoms with E-state index in [9.17, 15) is 0 Å². The summed E-state index contributed by atoms with van der Waals surface area (Å²) < 4.78 is 3.28. The van der Waals surface area contributed by atoms with Crippen molar-refractivity contribution in [3.05, 3.63) is 41.1 Å². The van der Waals surface area contributed by atoms with E-state index < -0.39 is 0 Å². The summed E-state index contributed by atoms with van der Waals surface area (Å²) in [5, 5.41) is 3.16. The van der Waals surface area contributed by atoms with E-state index in [1.54, 1.807) is 0 Å². The maximum atomic E-state index is 4.44. The molecule has 0 spiro atoms. The van der Waals surface area contributed by atoms with Gasteiger partial charge in [0.1, 0.15) is 5.82 Å². The monoisotopic (exact) mass is 293 g/mol. The Hall–Kier alpha value is -1.13. The fourth-order valence-electron chi connectivity index (χ4n) is 1.80. The van der Waals surface area contributed by atoms with Crippen LogP contribution in [-0.4, -0.2) is 23.1 Å². The Morgan fingerprint density at radius 2 is 2.18 bits per heavy atom. The molecule has 4 heteroatoms. The van der Waals surface area contributed by atoms with Crippen LogP contribution < -0.4 is 5.32 Å². The van der Waals surface area contributed by atoms with Gasteiger partial charge in [-0.15, -0.1) is 0 Å². The third kappa shape index (κ3) is 2.96. The number of aryl methyl sites for hydroxylation is 1. The minimum atomic E-state index is 0.984. The van der Waals surface area contributed by atoms with Gasteiger partial charge >= 0.3 is 0 Å². The first-order valence-electron chi connectivity index (χ1n) is 5.73. The predicted octanol–water partition coefficient (Wildman–Crippen LogP) is 2.92. The largest absolute Gasteiger partial charge is 0.331 e. The molecule has 0 radical (unpaired) electrons. The van der Waals surface area contributed by atoms with Crippen molar-refractivity contribution in [2.75, 3.05) is 13.6 Å². The van der Waals surface area contributed by atoms with Crippen molar-refractivity contribution >= 4 is 15.9 Å². The van der Waals surface area contributed by atoms with Gasteiger partial charge in [0.25, 0.3) is 0 Å². The second-order valence-corrected chi connectivity index (χ2v) is 4.74. The molecular formula is C13H16BrN3. The molecule has 0 aliphatic rings. The molecule has 1 heterocycles. The highest BCUT2D eigenvalue weighted by atomic mass is 79.9. The number of imidazole rings is 1. The molecular weight excluding hydrogens is 278 g/mol. The Labute approximate surface area is 110 Å². The molecule has 0 saturated carbocycles. The van der Waals surface area contributed by atoms with Gasteiger partial charge in [-0.1, -0.05) is 34.1 Å². The predicted molar refractivity (Wildman–Crippen MR) is 73.9 cm³/mol. The van der Waals surface area contributed by atoms with Gasteiger partial charge in [-0.05, 0) is 26.1 Å². The third-order valence-corrected chi connectivity index (χ3v) is 3.35. The van der Waals surface area contributed by atoms with E-state index in [1.165, 1.54) is 0 Å². The van der Waals surface area contributed by atoms with E-state index in [0.29, 0.717) is 0 Å². The van der Waals surface area contributed by atoms with Crippen molar-refractivity contribution < 1.29 is 0 Å². The maximum Gasteiger partial charge on any atom is 0.141 e. The first kappa shape index (κ1) is 12.3. The van der Waals surface area contributed by atoms with Gasteiger partial charge in [-0.25, -0.2) is 4.98 Å². The molecule has 0 amide bonds. The average molecular weight is 294 g/mol. The van der Waals surface area contributed by atoms with Gasteiger partial charge < -0.3 is 9.88 Å². The molecule has 1 aromatic heterocycles. The van der Waals surface area contributed by atoms with Crippen LogP contribution in [0.15, 0.2) is 41.1 Å². The van der Waals surface area contributed by atoms with E-state index in [0.717, 1.165) is 35.4 Å². The molecule has 0 aliphatic heterocycles. The zero-order valence-electron chi connectivity index (χ0n) is 9.86. The molecule has 0 unspecified atom stereocenters. The number of rotatable bonds is 5. The summed E-state index contributed by atoms with van der Waals surface area (Å²) in [6, 6.07) is 8.18. The Morgan fingerprint density at radius 1 is 1.35 bits per heavy atom. The van der Waals surface area contributed by atoms with Crippen LogP contribution in [0, 0.1) is 0 Å². The molecule has 2 aromatic rings. The van der Waals surface area contributed by atoms with Crippen molar-refractivity contribution in [2.24, 2.45) is 0 Å². The SMILES string of the molecule is CNCCCn1ccnc1-c1ccccc1Br. The molecule has 0 atom stereocenters. The lowest BCUT2D eigenvalue weighted by molar-refractivity contribution is 0.617. The average Bonchev–Trinajstić information content (AvgIpc) is 2.78. The van der Waals surface area contributed by atoms with Crippen molar-refractivity contribution in [2.45, 2.75) is 13.0 Å². The number of nitrogens with zero attached hydrogens (tertiary/aromatic N) is 2. The minimum absolute atomic E-state index is 0.984. The molecule has 0 aliphatic carbocycles. The summed E-state index contributed by atoms with van der Waals surface area (Å²) in [5.74, 6) is 1.02. The molecule has 0 fully saturated rings. The molecule has 0 bridgehead atoms. The van der Waals surface area contributed by atoms with Crippen LogP contribution in [0.2, 0.25) is 0 Å². The van der Waals surface area contributed by atoms with Crippen molar-refractivity contribution in [1.29, 1.82) is 0 Å². The van der Waals surface area contributed by atoms with E-state index in [2.05, 4.69) is 36.9 Å². The van der Waals surface area contributed by atoms with E-state index >= 15 is 0 Å². The first-order chi connectivity index (χ1) is 8.33. The van der Waals surface area contributed by atoms with Gasteiger partial charge in [-0.3, -0.25) is 0 Å². The summed E-state index contributed by atoms with van der Waals surface area (Å²) in [6.45, 7) is 2.01. The lowest BCUT2D eigenvalue weighted by Gasteiger charge is -2.09. The summed E-state index contributed by atoms with van der Waals surface area (Å²) >= 11 is 3.57. The van der Waals surface area contributed by atoms with Crippen LogP contribution in [0.4, 0.5) is 0 Å². The van der Waals surface area contributed by atoms with Gasteiger partial charge in [-0.2, -0.15) is 0 Å². The third-order valence-electron chi connectivity index (χ3n) is 2.66. The molecule has 0 saturated heterocycles. The minimum Gasteiger partial charge on any atom is -0.331 e. The maximum absolute atomic E-state index is 4.44. The smallest absolute Gasteiger partial charge is 0.141 e. The van der Waals surface area contributed by atoms with Crippen LogP contribution in [0.25, 0.3) is 11.4 Å². The molecule has 3 nitrogen and oxygen atoms in total. The highest BCUT2D eigenvalue weighted by Crippen LogP contribution is 2.26. The Morgan fingerprint density at radius 3 is 2.94 bits per heavy atom. The number of nitrogens with one attached hydrogen (secondary N) is 1. The topological polar surface area (TPSA) is 29.9 Å². The Bertz CT molecular complexity index is 479. The lowest BCUT2D eigenvalue weighted by Crippen LogP contribution is -2.11. The Kier molecular flexibility index (Phi) is 4.34. The Balaban J connectivity index is 2.22. The standard InChI is InChI=1S/C13H16BrN3/c1-15-7-4-9-17-10-8-16-13(17)11-5-2-3-6-12(11)14/h2-3,5-6,8,10,15H,4,7,9H2,1H3. The number of aromatic nitrogens is 2. The number of hydrogen-bond donors (Lipinski definition) is 1. The van der Waals surface area contributed by atoms with Gasteiger partial charge in [0.2, 0.25) is 0 Å². The van der Waals surface area contributed by atoms with E-state index in [-0.39, 0.29) is 0 Å². The quantitative estimate of drug-likeness (QED) is 0.859. The number of halogens is 1. The zero-order chi connectivity index (χ0) is 12.1. The second-order valence-electron chi connectivity index (χ2n) is 3.88. The van der Waals surface area contributed by atoms with Crippen LogP contribution in [0.3, 0.4) is 0 Å². The summed E-state index contributed by atoms with van der Waals surface area (Å²) in [5.41, 5.74) is 1.14. The molecule has 2 rings (SSSR count). The molecule has 17 heavy (non-hydrogen) atoms. The normalized spacial score (nSPS) is 10.7. The van der Waals surface area contributed by atoms with E-state index in [4.69, 9.17) is 0 Å². The van der Waals surface area contributed by atoms with Crippen molar-refractivity contribution in [3.8, 4) is 11.4 Å². The highest BCUT2D eigenvalue weighted by Gasteiger charge is 2.08. The summed E-state index contributed by atoms with van der Waals surface area (Å²) in [7, 11) is 1.97. The van der Waals surface area contributed by atoms with Crippen LogP contribution in [-0.2, 0) is 6.54 Å². The first-order valence-corrected chi connectivity index (χ1v) is 6.53. The van der Waals surface area contributed by atoms with Gasteiger partial charge in [0, 0.05) is 29.0 Å². The zero-order valence-corrected chi connectivity index (χ0v) is 11.4. The lowest BCUT2D eigenvalue weighted by atomic mass is 10.2. The van der Waals surface area contributed by atoms with Gasteiger partial charge in [0.05, 0.1) is 0 Å². The number of hydrogen-bond acceptors (Lipinski definition) is 2. The fourth-order valence-corrected chi connectivity index (χ4v) is 2.26. The van der Waals surface area contributed by atoms with E-state index in [1.807, 2.05) is 37.6 Å². The van der Waals surface area contributed by atoms with Gasteiger partial charge in [0.15, 0.2) is 0 Å². The highest BCUT2D eigenvalue weighted by molar-refractivity contribution is 9.10. The summed E-state index contributed by atoms with van der Waals surface area (Å²) in [4.78, 5) is 4.44. The molecule has 1 aromatic carbocycles. The van der Waals surface area contributed by atoms with Crippen molar-refractivity contribution in [3.63, 3.8) is 0 Å². The van der Waals surface area contributed by atoms with Crippen LogP contribution in [0.1, 0.15) is 6.42 Å². The van der Waals surface area contributed by atoms with Crippen LogP contribution in [0.5, 0.6) is 0 Å². The van der Waals surface area contributed by atoms with Crippen LogP contribution >= 0.6 is 15.9 Å². The fraction of sp³-hybridized carbons (Fsp3) is 0.308.